The van der Waals surface area contributed by atoms with Gasteiger partial charge in [0.05, 0.1) is 12.2 Å². The first kappa shape index (κ1) is 13.9. The maximum Gasteiger partial charge on any atom is 0.0821 e. The van der Waals surface area contributed by atoms with Gasteiger partial charge in [-0.25, -0.2) is 0 Å². The number of rotatable bonds is 6. The van der Waals surface area contributed by atoms with Gasteiger partial charge in [-0.15, -0.1) is 0 Å². The highest BCUT2D eigenvalue weighted by atomic mass is 15.3. The van der Waals surface area contributed by atoms with E-state index in [9.17, 15) is 0 Å². The summed E-state index contributed by atoms with van der Waals surface area (Å²) in [6.45, 7) is 7.38. The summed E-state index contributed by atoms with van der Waals surface area (Å²) in [6, 6.07) is 7.18. The monoisotopic (exact) mass is 260 g/mol. The molecule has 0 aliphatic rings. The van der Waals surface area contributed by atoms with Crippen molar-refractivity contribution in [1.82, 2.24) is 19.7 Å². The van der Waals surface area contributed by atoms with Gasteiger partial charge < -0.3 is 9.88 Å². The zero-order valence-corrected chi connectivity index (χ0v) is 12.3. The molecule has 2 rings (SSSR count). The predicted molar refractivity (Wildman–Crippen MR) is 78.2 cm³/mol. The van der Waals surface area contributed by atoms with E-state index in [0.717, 1.165) is 18.7 Å². The van der Waals surface area contributed by atoms with Gasteiger partial charge in [0.15, 0.2) is 0 Å². The standard InChI is InChI=1S/C15H24N4/c1-5-12(2)19-10-8-14(17-19)11-18-9-6-7-15(18)13(3)16-4/h6-10,12-13,16H,5,11H2,1-4H3. The van der Waals surface area contributed by atoms with Crippen molar-refractivity contribution in [2.75, 3.05) is 7.05 Å². The quantitative estimate of drug-likeness (QED) is 0.866. The van der Waals surface area contributed by atoms with Gasteiger partial charge >= 0.3 is 0 Å². The van der Waals surface area contributed by atoms with Crippen molar-refractivity contribution in [3.05, 3.63) is 42.0 Å². The average molecular weight is 260 g/mol. The molecule has 2 atom stereocenters. The molecule has 0 radical (unpaired) electrons. The zero-order valence-electron chi connectivity index (χ0n) is 12.3. The number of hydrogen-bond donors (Lipinski definition) is 1. The van der Waals surface area contributed by atoms with Gasteiger partial charge in [-0.2, -0.15) is 5.10 Å². The predicted octanol–water partition coefficient (Wildman–Crippen LogP) is 2.98. The van der Waals surface area contributed by atoms with Crippen molar-refractivity contribution in [2.24, 2.45) is 0 Å². The van der Waals surface area contributed by atoms with Crippen molar-refractivity contribution in [3.8, 4) is 0 Å². The van der Waals surface area contributed by atoms with Crippen LogP contribution in [0, 0.1) is 0 Å². The number of nitrogens with one attached hydrogen (secondary N) is 1. The van der Waals surface area contributed by atoms with E-state index < -0.39 is 0 Å². The fourth-order valence-electron chi connectivity index (χ4n) is 2.18. The SMILES string of the molecule is CCC(C)n1ccc(Cn2cccc2C(C)NC)n1. The molecule has 0 aromatic carbocycles. The molecule has 0 saturated carbocycles. The minimum atomic E-state index is 0.353. The van der Waals surface area contributed by atoms with Crippen LogP contribution in [0.15, 0.2) is 30.6 Å². The molecule has 4 nitrogen and oxygen atoms in total. The molecular weight excluding hydrogens is 236 g/mol. The minimum absolute atomic E-state index is 0.353. The smallest absolute Gasteiger partial charge is 0.0821 e. The van der Waals surface area contributed by atoms with Crippen LogP contribution in [0.1, 0.15) is 50.7 Å². The van der Waals surface area contributed by atoms with Crippen LogP contribution in [0.5, 0.6) is 0 Å². The lowest BCUT2D eigenvalue weighted by molar-refractivity contribution is 0.471. The highest BCUT2D eigenvalue weighted by Crippen LogP contribution is 2.15. The molecule has 0 bridgehead atoms. The molecule has 104 valence electrons. The summed E-state index contributed by atoms with van der Waals surface area (Å²) in [5.41, 5.74) is 2.40. The van der Waals surface area contributed by atoms with Crippen LogP contribution in [0.2, 0.25) is 0 Å². The zero-order chi connectivity index (χ0) is 13.8. The highest BCUT2D eigenvalue weighted by molar-refractivity contribution is 5.14. The summed E-state index contributed by atoms with van der Waals surface area (Å²) in [4.78, 5) is 0. The van der Waals surface area contributed by atoms with Crippen LogP contribution in [-0.4, -0.2) is 21.4 Å². The third-order valence-corrected chi connectivity index (χ3v) is 3.78. The fourth-order valence-corrected chi connectivity index (χ4v) is 2.18. The Morgan fingerprint density at radius 3 is 2.74 bits per heavy atom. The summed E-state index contributed by atoms with van der Waals surface area (Å²) in [6.07, 6.45) is 5.30. The van der Waals surface area contributed by atoms with Crippen LogP contribution >= 0.6 is 0 Å². The molecule has 0 saturated heterocycles. The molecule has 19 heavy (non-hydrogen) atoms. The third-order valence-electron chi connectivity index (χ3n) is 3.78. The van der Waals surface area contributed by atoms with Gasteiger partial charge in [-0.1, -0.05) is 6.92 Å². The molecule has 0 aliphatic carbocycles. The second-order valence-corrected chi connectivity index (χ2v) is 5.12. The summed E-state index contributed by atoms with van der Waals surface area (Å²) in [5, 5.41) is 7.94. The molecular formula is C15H24N4. The average Bonchev–Trinajstić information content (AvgIpc) is 3.06. The van der Waals surface area contributed by atoms with Gasteiger partial charge in [0.2, 0.25) is 0 Å². The summed E-state index contributed by atoms with van der Waals surface area (Å²) < 4.78 is 4.31. The van der Waals surface area contributed by atoms with E-state index in [1.165, 1.54) is 5.69 Å². The topological polar surface area (TPSA) is 34.8 Å². The lowest BCUT2D eigenvalue weighted by atomic mass is 10.2. The molecule has 2 unspecified atom stereocenters. The summed E-state index contributed by atoms with van der Waals surface area (Å²) >= 11 is 0. The Morgan fingerprint density at radius 1 is 1.26 bits per heavy atom. The highest BCUT2D eigenvalue weighted by Gasteiger charge is 2.10. The normalized spacial score (nSPS) is 14.5. The third kappa shape index (κ3) is 3.07. The van der Waals surface area contributed by atoms with Crippen molar-refractivity contribution in [1.29, 1.82) is 0 Å². The maximum atomic E-state index is 4.66. The molecule has 0 aliphatic heterocycles. The maximum absolute atomic E-state index is 4.66. The van der Waals surface area contributed by atoms with E-state index in [1.54, 1.807) is 0 Å². The van der Waals surface area contributed by atoms with Crippen molar-refractivity contribution >= 4 is 0 Å². The van der Waals surface area contributed by atoms with Crippen molar-refractivity contribution in [3.63, 3.8) is 0 Å². The second kappa shape index (κ2) is 6.06. The Labute approximate surface area is 115 Å². The van der Waals surface area contributed by atoms with E-state index in [2.05, 4.69) is 71.0 Å². The number of aromatic nitrogens is 3. The van der Waals surface area contributed by atoms with Crippen LogP contribution in [0.25, 0.3) is 0 Å². The Morgan fingerprint density at radius 2 is 2.05 bits per heavy atom. The summed E-state index contributed by atoms with van der Waals surface area (Å²) in [5.74, 6) is 0. The molecule has 0 amide bonds. The molecule has 0 fully saturated rings. The van der Waals surface area contributed by atoms with E-state index in [0.29, 0.717) is 12.1 Å². The minimum Gasteiger partial charge on any atom is -0.344 e. The van der Waals surface area contributed by atoms with E-state index in [-0.39, 0.29) is 0 Å². The first-order valence-corrected chi connectivity index (χ1v) is 7.02. The molecule has 2 aromatic rings. The van der Waals surface area contributed by atoms with Crippen LogP contribution < -0.4 is 5.32 Å². The molecule has 2 aromatic heterocycles. The van der Waals surface area contributed by atoms with Crippen LogP contribution in [0.4, 0.5) is 0 Å². The summed E-state index contributed by atoms with van der Waals surface area (Å²) in [7, 11) is 1.99. The molecule has 2 heterocycles. The number of hydrogen-bond acceptors (Lipinski definition) is 2. The van der Waals surface area contributed by atoms with E-state index >= 15 is 0 Å². The van der Waals surface area contributed by atoms with E-state index in [4.69, 9.17) is 0 Å². The lowest BCUT2D eigenvalue weighted by Gasteiger charge is -2.14. The number of nitrogens with zero attached hydrogens (tertiary/aromatic N) is 3. The first-order valence-electron chi connectivity index (χ1n) is 7.02. The Hall–Kier alpha value is -1.55. The Kier molecular flexibility index (Phi) is 4.43. The molecule has 4 heteroatoms. The van der Waals surface area contributed by atoms with Crippen molar-refractivity contribution in [2.45, 2.75) is 45.8 Å². The van der Waals surface area contributed by atoms with Crippen molar-refractivity contribution < 1.29 is 0 Å². The second-order valence-electron chi connectivity index (χ2n) is 5.12. The van der Waals surface area contributed by atoms with Gasteiger partial charge in [0.25, 0.3) is 0 Å². The van der Waals surface area contributed by atoms with E-state index in [1.807, 2.05) is 7.05 Å². The van der Waals surface area contributed by atoms with Gasteiger partial charge in [-0.3, -0.25) is 4.68 Å². The first-order chi connectivity index (χ1) is 9.15. The van der Waals surface area contributed by atoms with Gasteiger partial charge in [0.1, 0.15) is 0 Å². The fraction of sp³-hybridized carbons (Fsp3) is 0.533. The van der Waals surface area contributed by atoms with Gasteiger partial charge in [-0.05, 0) is 45.5 Å². The Balaban J connectivity index is 2.13. The Bertz CT molecular complexity index is 512. The molecule has 0 spiro atoms. The largest absolute Gasteiger partial charge is 0.344 e. The van der Waals surface area contributed by atoms with Gasteiger partial charge in [0, 0.05) is 30.2 Å². The molecule has 1 N–H and O–H groups in total. The van der Waals surface area contributed by atoms with Crippen LogP contribution in [0.3, 0.4) is 0 Å². The van der Waals surface area contributed by atoms with Crippen LogP contribution in [-0.2, 0) is 6.54 Å². The lowest BCUT2D eigenvalue weighted by Crippen LogP contribution is -2.17.